The van der Waals surface area contributed by atoms with E-state index in [9.17, 15) is 13.2 Å². The normalized spacial score (nSPS) is 18.1. The van der Waals surface area contributed by atoms with E-state index < -0.39 is 10.0 Å². The van der Waals surface area contributed by atoms with Crippen LogP contribution in [-0.2, 0) is 37.2 Å². The third-order valence-electron chi connectivity index (χ3n) is 4.82. The second-order valence-corrected chi connectivity index (χ2v) is 8.43. The third kappa shape index (κ3) is 2.56. The Morgan fingerprint density at radius 3 is 2.52 bits per heavy atom. The molecule has 0 saturated carbocycles. The summed E-state index contributed by atoms with van der Waals surface area (Å²) in [7, 11) is -0.228. The average molecular weight is 364 g/mol. The Hall–Kier alpha value is -2.20. The Balaban J connectivity index is 1.64. The summed E-state index contributed by atoms with van der Waals surface area (Å²) in [6.07, 6.45) is 4.94. The maximum absolute atomic E-state index is 12.8. The van der Waals surface area contributed by atoms with Gasteiger partial charge in [-0.05, 0) is 12.8 Å². The fourth-order valence-electron chi connectivity index (χ4n) is 3.43. The van der Waals surface area contributed by atoms with Crippen LogP contribution in [-0.4, -0.2) is 56.0 Å². The summed E-state index contributed by atoms with van der Waals surface area (Å²) in [5, 5.41) is 4.37. The van der Waals surface area contributed by atoms with Gasteiger partial charge in [-0.25, -0.2) is 13.4 Å². The van der Waals surface area contributed by atoms with E-state index in [2.05, 4.69) is 10.1 Å². The highest BCUT2D eigenvalue weighted by molar-refractivity contribution is 7.89. The van der Waals surface area contributed by atoms with Crippen LogP contribution in [0.2, 0.25) is 0 Å². The van der Waals surface area contributed by atoms with Crippen LogP contribution in [0, 0.1) is 0 Å². The van der Waals surface area contributed by atoms with Gasteiger partial charge in [-0.1, -0.05) is 0 Å². The number of aromatic nitrogens is 4. The van der Waals surface area contributed by atoms with Crippen molar-refractivity contribution in [1.29, 1.82) is 0 Å². The first kappa shape index (κ1) is 16.3. The molecular formula is C15H20N6O3S. The number of hydrogen-bond acceptors (Lipinski definition) is 5. The number of carbonyl (C=O) groups is 1. The highest BCUT2D eigenvalue weighted by Gasteiger charge is 2.38. The minimum absolute atomic E-state index is 0.0168. The molecule has 1 amide bonds. The monoisotopic (exact) mass is 364 g/mol. The number of nitrogens with zero attached hydrogens (tertiary/aromatic N) is 6. The number of imidazole rings is 1. The Morgan fingerprint density at radius 1 is 1.16 bits per heavy atom. The number of rotatable bonds is 3. The van der Waals surface area contributed by atoms with Crippen molar-refractivity contribution in [1.82, 2.24) is 28.5 Å². The third-order valence-corrected chi connectivity index (χ3v) is 6.49. The van der Waals surface area contributed by atoms with Gasteiger partial charge in [-0.15, -0.1) is 0 Å². The lowest BCUT2D eigenvalue weighted by atomic mass is 10.2. The van der Waals surface area contributed by atoms with E-state index >= 15 is 0 Å². The van der Waals surface area contributed by atoms with Crippen LogP contribution in [0.3, 0.4) is 0 Å². The van der Waals surface area contributed by atoms with E-state index in [1.807, 2.05) is 0 Å². The summed E-state index contributed by atoms with van der Waals surface area (Å²) in [6.45, 7) is 1.82. The molecule has 2 aromatic rings. The molecule has 0 N–H and O–H groups in total. The molecule has 0 bridgehead atoms. The van der Waals surface area contributed by atoms with Crippen molar-refractivity contribution >= 4 is 15.9 Å². The van der Waals surface area contributed by atoms with E-state index in [1.54, 1.807) is 28.2 Å². The summed E-state index contributed by atoms with van der Waals surface area (Å²) >= 11 is 0. The molecule has 4 heterocycles. The van der Waals surface area contributed by atoms with Crippen LogP contribution in [0.1, 0.15) is 34.6 Å². The molecule has 134 valence electrons. The SMILES string of the molecule is Cn1cnc(S(=O)(=O)N2Cc3c(C(=O)N4CCCC4)nn(C)c3C2)c1. The topological polar surface area (TPSA) is 93.3 Å². The van der Waals surface area contributed by atoms with Gasteiger partial charge < -0.3 is 9.47 Å². The first-order chi connectivity index (χ1) is 11.9. The molecular weight excluding hydrogens is 344 g/mol. The van der Waals surface area contributed by atoms with Crippen LogP contribution in [0.4, 0.5) is 0 Å². The standard InChI is InChI=1S/C15H20N6O3S/c1-18-9-13(16-10-18)25(23,24)21-7-11-12(8-21)19(2)17-14(11)15(22)20-5-3-4-6-20/h9-10H,3-8H2,1-2H3. The van der Waals surface area contributed by atoms with Crippen molar-refractivity contribution in [2.45, 2.75) is 31.0 Å². The smallest absolute Gasteiger partial charge is 0.274 e. The van der Waals surface area contributed by atoms with E-state index in [1.165, 1.54) is 16.8 Å². The average Bonchev–Trinajstić information content (AvgIpc) is 3.32. The van der Waals surface area contributed by atoms with Gasteiger partial charge in [0.25, 0.3) is 15.9 Å². The second kappa shape index (κ2) is 5.67. The van der Waals surface area contributed by atoms with Crippen molar-refractivity contribution in [2.24, 2.45) is 14.1 Å². The number of hydrogen-bond donors (Lipinski definition) is 0. The van der Waals surface area contributed by atoms with Crippen molar-refractivity contribution in [3.05, 3.63) is 29.5 Å². The summed E-state index contributed by atoms with van der Waals surface area (Å²) in [4.78, 5) is 18.5. The lowest BCUT2D eigenvalue weighted by Crippen LogP contribution is -2.30. The highest BCUT2D eigenvalue weighted by atomic mass is 32.2. The van der Waals surface area contributed by atoms with Crippen molar-refractivity contribution in [2.75, 3.05) is 13.1 Å². The van der Waals surface area contributed by atoms with Gasteiger partial charge in [0.15, 0.2) is 10.7 Å². The second-order valence-electron chi connectivity index (χ2n) is 6.55. The molecule has 2 aliphatic heterocycles. The minimum atomic E-state index is -3.70. The quantitative estimate of drug-likeness (QED) is 0.770. The molecule has 0 radical (unpaired) electrons. The molecule has 2 aliphatic rings. The Morgan fingerprint density at radius 2 is 1.88 bits per heavy atom. The molecule has 2 aromatic heterocycles. The number of aryl methyl sites for hydroxylation is 2. The molecule has 1 saturated heterocycles. The highest BCUT2D eigenvalue weighted by Crippen LogP contribution is 2.31. The summed E-state index contributed by atoms with van der Waals surface area (Å²) in [6, 6.07) is 0. The largest absolute Gasteiger partial charge is 0.339 e. The Labute approximate surface area is 145 Å². The van der Waals surface area contributed by atoms with Crippen LogP contribution in [0.25, 0.3) is 0 Å². The van der Waals surface area contributed by atoms with Crippen LogP contribution in [0.15, 0.2) is 17.6 Å². The first-order valence-electron chi connectivity index (χ1n) is 8.20. The van der Waals surface area contributed by atoms with Gasteiger partial charge in [0.05, 0.1) is 18.6 Å². The van der Waals surface area contributed by atoms with Crippen molar-refractivity contribution < 1.29 is 13.2 Å². The zero-order valence-electron chi connectivity index (χ0n) is 14.2. The summed E-state index contributed by atoms with van der Waals surface area (Å²) < 4.78 is 30.1. The lowest BCUT2D eigenvalue weighted by Gasteiger charge is -2.16. The van der Waals surface area contributed by atoms with Gasteiger partial charge in [0.1, 0.15) is 0 Å². The lowest BCUT2D eigenvalue weighted by molar-refractivity contribution is 0.0784. The number of sulfonamides is 1. The van der Waals surface area contributed by atoms with Crippen molar-refractivity contribution in [3.63, 3.8) is 0 Å². The van der Waals surface area contributed by atoms with E-state index in [0.29, 0.717) is 11.3 Å². The maximum Gasteiger partial charge on any atom is 0.274 e. The summed E-state index contributed by atoms with van der Waals surface area (Å²) in [5.41, 5.74) is 1.85. The predicted molar refractivity (Wildman–Crippen MR) is 88.0 cm³/mol. The van der Waals surface area contributed by atoms with Gasteiger partial charge in [-0.3, -0.25) is 9.48 Å². The maximum atomic E-state index is 12.8. The number of fused-ring (bicyclic) bond motifs is 1. The van der Waals surface area contributed by atoms with Crippen LogP contribution >= 0.6 is 0 Å². The van der Waals surface area contributed by atoms with Crippen molar-refractivity contribution in [3.8, 4) is 0 Å². The van der Waals surface area contributed by atoms with Gasteiger partial charge in [0, 0.05) is 45.5 Å². The zero-order valence-corrected chi connectivity index (χ0v) is 15.0. The molecule has 10 heteroatoms. The molecule has 25 heavy (non-hydrogen) atoms. The number of amides is 1. The Bertz CT molecular complexity index is 939. The van der Waals surface area contributed by atoms with Gasteiger partial charge in [0.2, 0.25) is 0 Å². The number of likely N-dealkylation sites (tertiary alicyclic amines) is 1. The van der Waals surface area contributed by atoms with Crippen LogP contribution in [0.5, 0.6) is 0 Å². The van der Waals surface area contributed by atoms with Crippen LogP contribution < -0.4 is 0 Å². The molecule has 0 aliphatic carbocycles. The minimum Gasteiger partial charge on any atom is -0.339 e. The van der Waals surface area contributed by atoms with E-state index in [0.717, 1.165) is 31.6 Å². The molecule has 1 fully saturated rings. The molecule has 4 rings (SSSR count). The molecule has 0 aromatic carbocycles. The molecule has 0 spiro atoms. The summed E-state index contributed by atoms with van der Waals surface area (Å²) in [5.74, 6) is -0.105. The first-order valence-corrected chi connectivity index (χ1v) is 9.64. The molecule has 0 unspecified atom stereocenters. The number of carbonyl (C=O) groups excluding carboxylic acids is 1. The molecule has 0 atom stereocenters. The fourth-order valence-corrected chi connectivity index (χ4v) is 4.77. The molecule has 9 nitrogen and oxygen atoms in total. The van der Waals surface area contributed by atoms with E-state index in [4.69, 9.17) is 0 Å². The van der Waals surface area contributed by atoms with Gasteiger partial charge >= 0.3 is 0 Å². The van der Waals surface area contributed by atoms with E-state index in [-0.39, 0.29) is 24.0 Å². The fraction of sp³-hybridized carbons (Fsp3) is 0.533. The van der Waals surface area contributed by atoms with Gasteiger partial charge in [-0.2, -0.15) is 9.40 Å². The zero-order chi connectivity index (χ0) is 17.8. The predicted octanol–water partition coefficient (Wildman–Crippen LogP) is 0.0941. The Kier molecular flexibility index (Phi) is 3.69.